The zero-order valence-electron chi connectivity index (χ0n) is 17.9. The smallest absolute Gasteiger partial charge is 0.254 e. The summed E-state index contributed by atoms with van der Waals surface area (Å²) in [6, 6.07) is 13.3. The van der Waals surface area contributed by atoms with Gasteiger partial charge in [0.05, 0.1) is 12.8 Å². The van der Waals surface area contributed by atoms with E-state index in [1.54, 1.807) is 13.2 Å². The molecule has 1 fully saturated rings. The number of ether oxygens (including phenoxy) is 1. The number of primary amides is 1. The number of benzene rings is 1. The fourth-order valence-corrected chi connectivity index (χ4v) is 3.81. The van der Waals surface area contributed by atoms with E-state index in [2.05, 4.69) is 25.6 Å². The number of rotatable bonds is 7. The Morgan fingerprint density at radius 2 is 1.94 bits per heavy atom. The average Bonchev–Trinajstić information content (AvgIpc) is 2.81. The van der Waals surface area contributed by atoms with E-state index >= 15 is 0 Å². The zero-order valence-corrected chi connectivity index (χ0v) is 17.9. The molecule has 0 spiro atoms. The lowest BCUT2D eigenvalue weighted by Gasteiger charge is -2.29. The highest BCUT2D eigenvalue weighted by Crippen LogP contribution is 2.26. The molecular formula is C23H27N7O2. The summed E-state index contributed by atoms with van der Waals surface area (Å²) in [5, 5.41) is 6.51. The van der Waals surface area contributed by atoms with Crippen molar-refractivity contribution in [3.63, 3.8) is 0 Å². The molecule has 0 aliphatic heterocycles. The van der Waals surface area contributed by atoms with Gasteiger partial charge in [-0.2, -0.15) is 4.98 Å². The van der Waals surface area contributed by atoms with Gasteiger partial charge < -0.3 is 26.8 Å². The fourth-order valence-electron chi connectivity index (χ4n) is 3.81. The van der Waals surface area contributed by atoms with Gasteiger partial charge in [0.25, 0.3) is 5.91 Å². The van der Waals surface area contributed by atoms with Crippen LogP contribution in [0.4, 0.5) is 17.5 Å². The number of nitrogens with two attached hydrogens (primary N) is 2. The number of pyridine rings is 1. The molecule has 1 aliphatic rings. The minimum Gasteiger partial charge on any atom is -0.481 e. The van der Waals surface area contributed by atoms with Gasteiger partial charge >= 0.3 is 0 Å². The quantitative estimate of drug-likeness (QED) is 0.445. The molecule has 0 bridgehead atoms. The summed E-state index contributed by atoms with van der Waals surface area (Å²) in [4.78, 5) is 25.2. The van der Waals surface area contributed by atoms with Crippen molar-refractivity contribution >= 4 is 23.4 Å². The first kappa shape index (κ1) is 21.5. The maximum absolute atomic E-state index is 12.0. The lowest BCUT2D eigenvalue weighted by molar-refractivity contribution is 0.100. The maximum Gasteiger partial charge on any atom is 0.254 e. The number of nitrogens with one attached hydrogen (secondary N) is 2. The molecule has 1 amide bonds. The molecule has 6 N–H and O–H groups in total. The fraction of sp³-hybridized carbons (Fsp3) is 0.304. The van der Waals surface area contributed by atoms with Gasteiger partial charge in [-0.05, 0) is 31.0 Å². The van der Waals surface area contributed by atoms with Crippen LogP contribution in [0.2, 0.25) is 0 Å². The van der Waals surface area contributed by atoms with Crippen LogP contribution in [0.3, 0.4) is 0 Å². The summed E-state index contributed by atoms with van der Waals surface area (Å²) < 4.78 is 5.22. The van der Waals surface area contributed by atoms with Crippen LogP contribution in [-0.4, -0.2) is 40.1 Å². The number of carbonyl (C=O) groups is 1. The van der Waals surface area contributed by atoms with Crippen molar-refractivity contribution in [2.75, 3.05) is 17.7 Å². The maximum atomic E-state index is 12.0. The van der Waals surface area contributed by atoms with Crippen molar-refractivity contribution in [2.24, 2.45) is 11.5 Å². The first-order valence-corrected chi connectivity index (χ1v) is 10.6. The van der Waals surface area contributed by atoms with Gasteiger partial charge in [0, 0.05) is 35.6 Å². The summed E-state index contributed by atoms with van der Waals surface area (Å²) in [6.45, 7) is 0. The molecule has 9 heteroatoms. The van der Waals surface area contributed by atoms with Gasteiger partial charge in [0.15, 0.2) is 0 Å². The highest BCUT2D eigenvalue weighted by molar-refractivity contribution is 5.98. The van der Waals surface area contributed by atoms with Crippen molar-refractivity contribution in [3.8, 4) is 17.1 Å². The zero-order chi connectivity index (χ0) is 22.5. The standard InChI is InChI=1S/C23H27N7O2/c1-32-20-11-5-10-18(28-20)14-6-4-7-15(12-14)27-22-16(21(25)31)13-26-23(30-22)29-19-9-3-2-8-17(19)24/h4-7,10-13,17,19H,2-3,8-9,24H2,1H3,(H2,25,31)(H2,26,27,29,30)/t17-,19+/m0/s1. The van der Waals surface area contributed by atoms with Crippen LogP contribution in [0, 0.1) is 0 Å². The van der Waals surface area contributed by atoms with Crippen LogP contribution in [0.15, 0.2) is 48.7 Å². The Kier molecular flexibility index (Phi) is 6.46. The predicted molar refractivity (Wildman–Crippen MR) is 124 cm³/mol. The van der Waals surface area contributed by atoms with E-state index in [0.717, 1.165) is 42.6 Å². The molecule has 32 heavy (non-hydrogen) atoms. The Bertz CT molecular complexity index is 1110. The van der Waals surface area contributed by atoms with Crippen molar-refractivity contribution in [1.82, 2.24) is 15.0 Å². The molecule has 3 aromatic rings. The highest BCUT2D eigenvalue weighted by atomic mass is 16.5. The van der Waals surface area contributed by atoms with E-state index in [0.29, 0.717) is 17.6 Å². The van der Waals surface area contributed by atoms with Crippen molar-refractivity contribution < 1.29 is 9.53 Å². The van der Waals surface area contributed by atoms with E-state index in [-0.39, 0.29) is 17.6 Å². The highest BCUT2D eigenvalue weighted by Gasteiger charge is 2.23. The molecule has 0 radical (unpaired) electrons. The van der Waals surface area contributed by atoms with Crippen LogP contribution >= 0.6 is 0 Å². The molecule has 1 aliphatic carbocycles. The largest absolute Gasteiger partial charge is 0.481 e. The van der Waals surface area contributed by atoms with Crippen LogP contribution in [0.25, 0.3) is 11.3 Å². The molecule has 2 heterocycles. The third-order valence-electron chi connectivity index (χ3n) is 5.54. The summed E-state index contributed by atoms with van der Waals surface area (Å²) >= 11 is 0. The number of hydrogen-bond acceptors (Lipinski definition) is 8. The topological polar surface area (TPSA) is 141 Å². The number of nitrogens with zero attached hydrogens (tertiary/aromatic N) is 3. The normalized spacial score (nSPS) is 18.1. The number of anilines is 3. The van der Waals surface area contributed by atoms with E-state index in [9.17, 15) is 4.79 Å². The first-order valence-electron chi connectivity index (χ1n) is 10.6. The van der Waals surface area contributed by atoms with Gasteiger partial charge in [0.1, 0.15) is 11.4 Å². The van der Waals surface area contributed by atoms with Gasteiger partial charge in [-0.15, -0.1) is 0 Å². The molecule has 2 aromatic heterocycles. The second kappa shape index (κ2) is 9.61. The number of methoxy groups -OCH3 is 1. The van der Waals surface area contributed by atoms with E-state index in [4.69, 9.17) is 16.2 Å². The molecule has 1 aromatic carbocycles. The second-order valence-electron chi connectivity index (χ2n) is 7.79. The van der Waals surface area contributed by atoms with E-state index < -0.39 is 5.91 Å². The van der Waals surface area contributed by atoms with Crippen molar-refractivity contribution in [3.05, 3.63) is 54.2 Å². The molecular weight excluding hydrogens is 406 g/mol. The average molecular weight is 434 g/mol. The monoisotopic (exact) mass is 433 g/mol. The molecule has 2 atom stereocenters. The molecule has 1 saturated carbocycles. The molecule has 0 unspecified atom stereocenters. The number of aromatic nitrogens is 3. The van der Waals surface area contributed by atoms with Gasteiger partial charge in [-0.25, -0.2) is 9.97 Å². The van der Waals surface area contributed by atoms with Gasteiger partial charge in [-0.3, -0.25) is 4.79 Å². The third kappa shape index (κ3) is 4.94. The second-order valence-corrected chi connectivity index (χ2v) is 7.79. The third-order valence-corrected chi connectivity index (χ3v) is 5.54. The van der Waals surface area contributed by atoms with Gasteiger partial charge in [0.2, 0.25) is 11.8 Å². The SMILES string of the molecule is COc1cccc(-c2cccc(Nc3nc(N[C@@H]4CCCC[C@@H]4N)ncc3C(N)=O)c2)n1. The Balaban J connectivity index is 1.60. The Morgan fingerprint density at radius 1 is 1.12 bits per heavy atom. The summed E-state index contributed by atoms with van der Waals surface area (Å²) in [6.07, 6.45) is 5.60. The Hall–Kier alpha value is -3.72. The Labute approximate surface area is 186 Å². The van der Waals surface area contributed by atoms with Crippen LogP contribution in [0.1, 0.15) is 36.0 Å². The first-order chi connectivity index (χ1) is 15.5. The van der Waals surface area contributed by atoms with Crippen molar-refractivity contribution in [2.45, 2.75) is 37.8 Å². The Morgan fingerprint density at radius 3 is 2.72 bits per heavy atom. The summed E-state index contributed by atoms with van der Waals surface area (Å²) in [5.41, 5.74) is 14.4. The summed E-state index contributed by atoms with van der Waals surface area (Å²) in [5.74, 6) is 0.656. The lowest BCUT2D eigenvalue weighted by atomic mass is 9.91. The predicted octanol–water partition coefficient (Wildman–Crippen LogP) is 3.07. The molecule has 0 saturated heterocycles. The molecule has 166 valence electrons. The van der Waals surface area contributed by atoms with E-state index in [1.807, 2.05) is 36.4 Å². The number of carbonyl (C=O) groups excluding carboxylic acids is 1. The van der Waals surface area contributed by atoms with E-state index in [1.165, 1.54) is 6.20 Å². The summed E-state index contributed by atoms with van der Waals surface area (Å²) in [7, 11) is 1.58. The molecule has 4 rings (SSSR count). The van der Waals surface area contributed by atoms with Crippen LogP contribution in [0.5, 0.6) is 5.88 Å². The lowest BCUT2D eigenvalue weighted by Crippen LogP contribution is -2.43. The number of hydrogen-bond donors (Lipinski definition) is 4. The molecule has 9 nitrogen and oxygen atoms in total. The number of amides is 1. The van der Waals surface area contributed by atoms with Crippen molar-refractivity contribution in [1.29, 1.82) is 0 Å². The van der Waals surface area contributed by atoms with Gasteiger partial charge in [-0.1, -0.05) is 31.0 Å². The van der Waals surface area contributed by atoms with Crippen LogP contribution < -0.4 is 26.8 Å². The minimum atomic E-state index is -0.612. The van der Waals surface area contributed by atoms with Crippen LogP contribution in [-0.2, 0) is 0 Å². The minimum absolute atomic E-state index is 0.0478.